The topological polar surface area (TPSA) is 13.1 Å². The predicted molar refractivity (Wildman–Crippen MR) is 77.6 cm³/mol. The number of alkyl halides is 1. The standard InChI is InChI=1S/C15H17BrO/c1-10(2)12(9-16)8-14-11(3)17-15-7-5-4-6-13(14)15/h4-8,10H,9H2,1-3H3/b12-8+. The van der Waals surface area contributed by atoms with Crippen LogP contribution in [-0.4, -0.2) is 5.33 Å². The summed E-state index contributed by atoms with van der Waals surface area (Å²) >= 11 is 3.55. The first-order chi connectivity index (χ1) is 8.13. The van der Waals surface area contributed by atoms with Crippen molar-refractivity contribution < 1.29 is 4.42 Å². The summed E-state index contributed by atoms with van der Waals surface area (Å²) in [6, 6.07) is 8.19. The largest absolute Gasteiger partial charge is 0.461 e. The molecule has 0 aliphatic carbocycles. The summed E-state index contributed by atoms with van der Waals surface area (Å²) in [5.74, 6) is 1.53. The highest BCUT2D eigenvalue weighted by Crippen LogP contribution is 2.28. The lowest BCUT2D eigenvalue weighted by Gasteiger charge is -2.07. The average Bonchev–Trinajstić information content (AvgIpc) is 2.61. The molecule has 0 amide bonds. The lowest BCUT2D eigenvalue weighted by Crippen LogP contribution is -1.95. The molecule has 0 aliphatic rings. The number of rotatable bonds is 3. The van der Waals surface area contributed by atoms with Gasteiger partial charge in [0.2, 0.25) is 0 Å². The molecule has 17 heavy (non-hydrogen) atoms. The number of fused-ring (bicyclic) bond motifs is 1. The van der Waals surface area contributed by atoms with E-state index in [9.17, 15) is 0 Å². The van der Waals surface area contributed by atoms with Crippen LogP contribution in [0.4, 0.5) is 0 Å². The monoisotopic (exact) mass is 292 g/mol. The van der Waals surface area contributed by atoms with Gasteiger partial charge in [0.25, 0.3) is 0 Å². The number of hydrogen-bond donors (Lipinski definition) is 0. The summed E-state index contributed by atoms with van der Waals surface area (Å²) in [4.78, 5) is 0. The zero-order valence-corrected chi connectivity index (χ0v) is 12.0. The van der Waals surface area contributed by atoms with E-state index < -0.39 is 0 Å². The Morgan fingerprint density at radius 1 is 1.35 bits per heavy atom. The molecule has 0 N–H and O–H groups in total. The third-order valence-corrected chi connectivity index (χ3v) is 3.69. The molecule has 0 unspecified atom stereocenters. The van der Waals surface area contributed by atoms with Gasteiger partial charge in [-0.25, -0.2) is 0 Å². The Hall–Kier alpha value is -1.02. The SMILES string of the molecule is Cc1oc2ccccc2c1/C=C(\CBr)C(C)C. The molecule has 1 aromatic heterocycles. The molecule has 0 aliphatic heterocycles. The second-order valence-corrected chi connectivity index (χ2v) is 5.14. The normalized spacial score (nSPS) is 12.6. The molecule has 2 rings (SSSR count). The van der Waals surface area contributed by atoms with Crippen LogP contribution in [0.15, 0.2) is 34.3 Å². The highest BCUT2D eigenvalue weighted by Gasteiger charge is 2.10. The van der Waals surface area contributed by atoms with Crippen molar-refractivity contribution >= 4 is 33.0 Å². The molecule has 2 heteroatoms. The Bertz CT molecular complexity index is 549. The zero-order chi connectivity index (χ0) is 12.4. The molecular formula is C15H17BrO. The van der Waals surface area contributed by atoms with Crippen molar-refractivity contribution in [3.8, 4) is 0 Å². The van der Waals surface area contributed by atoms with Gasteiger partial charge in [-0.3, -0.25) is 0 Å². The van der Waals surface area contributed by atoms with Crippen molar-refractivity contribution in [2.75, 3.05) is 5.33 Å². The first kappa shape index (κ1) is 12.4. The smallest absolute Gasteiger partial charge is 0.134 e. The molecule has 0 radical (unpaired) electrons. The molecule has 2 aromatic rings. The minimum Gasteiger partial charge on any atom is -0.461 e. The van der Waals surface area contributed by atoms with Gasteiger partial charge in [-0.05, 0) is 18.9 Å². The van der Waals surface area contributed by atoms with E-state index in [1.807, 2.05) is 19.1 Å². The second-order valence-electron chi connectivity index (χ2n) is 4.58. The summed E-state index contributed by atoms with van der Waals surface area (Å²) in [6.45, 7) is 6.45. The molecule has 0 spiro atoms. The fourth-order valence-electron chi connectivity index (χ4n) is 1.91. The third kappa shape index (κ3) is 2.47. The van der Waals surface area contributed by atoms with Crippen LogP contribution < -0.4 is 0 Å². The molecule has 0 atom stereocenters. The Balaban J connectivity index is 2.58. The number of benzene rings is 1. The van der Waals surface area contributed by atoms with E-state index in [0.717, 1.165) is 16.7 Å². The predicted octanol–water partition coefficient (Wildman–Crippen LogP) is 5.18. The fraction of sp³-hybridized carbons (Fsp3) is 0.333. The maximum absolute atomic E-state index is 5.76. The maximum atomic E-state index is 5.76. The number of hydrogen-bond acceptors (Lipinski definition) is 1. The molecular weight excluding hydrogens is 276 g/mol. The highest BCUT2D eigenvalue weighted by molar-refractivity contribution is 9.09. The number of halogens is 1. The van der Waals surface area contributed by atoms with Crippen molar-refractivity contribution in [2.24, 2.45) is 5.92 Å². The summed E-state index contributed by atoms with van der Waals surface area (Å²) in [5, 5.41) is 2.10. The zero-order valence-electron chi connectivity index (χ0n) is 10.5. The van der Waals surface area contributed by atoms with Crippen molar-refractivity contribution in [1.82, 2.24) is 0 Å². The van der Waals surface area contributed by atoms with Crippen molar-refractivity contribution in [1.29, 1.82) is 0 Å². The van der Waals surface area contributed by atoms with Gasteiger partial charge in [-0.15, -0.1) is 0 Å². The first-order valence-corrected chi connectivity index (χ1v) is 7.00. The lowest BCUT2D eigenvalue weighted by molar-refractivity contribution is 0.577. The van der Waals surface area contributed by atoms with Gasteiger partial charge in [0.1, 0.15) is 11.3 Å². The minimum atomic E-state index is 0.544. The molecule has 1 aromatic carbocycles. The van der Waals surface area contributed by atoms with Crippen LogP contribution in [0, 0.1) is 12.8 Å². The number of para-hydroxylation sites is 1. The average molecular weight is 293 g/mol. The van der Waals surface area contributed by atoms with Gasteiger partial charge < -0.3 is 4.42 Å². The van der Waals surface area contributed by atoms with Gasteiger partial charge in [0.05, 0.1) is 0 Å². The van der Waals surface area contributed by atoms with Gasteiger partial charge in [-0.1, -0.05) is 59.6 Å². The van der Waals surface area contributed by atoms with Gasteiger partial charge in [0.15, 0.2) is 0 Å². The lowest BCUT2D eigenvalue weighted by atomic mass is 10.0. The van der Waals surface area contributed by atoms with Crippen LogP contribution in [0.5, 0.6) is 0 Å². The molecule has 0 saturated carbocycles. The van der Waals surface area contributed by atoms with Crippen LogP contribution in [0.2, 0.25) is 0 Å². The molecule has 0 bridgehead atoms. The van der Waals surface area contributed by atoms with Crippen LogP contribution in [0.25, 0.3) is 17.0 Å². The maximum Gasteiger partial charge on any atom is 0.134 e. The quantitative estimate of drug-likeness (QED) is 0.711. The summed E-state index contributed by atoms with van der Waals surface area (Å²) in [5.41, 5.74) is 3.57. The molecule has 1 heterocycles. The van der Waals surface area contributed by atoms with Crippen molar-refractivity contribution in [2.45, 2.75) is 20.8 Å². The Labute approximate surface area is 111 Å². The van der Waals surface area contributed by atoms with Crippen molar-refractivity contribution in [3.05, 3.63) is 41.2 Å². The van der Waals surface area contributed by atoms with Gasteiger partial charge in [0, 0.05) is 16.3 Å². The molecule has 1 nitrogen and oxygen atoms in total. The van der Waals surface area contributed by atoms with Crippen LogP contribution in [0.1, 0.15) is 25.2 Å². The first-order valence-electron chi connectivity index (χ1n) is 5.88. The molecule has 0 fully saturated rings. The Kier molecular flexibility index (Phi) is 3.72. The van der Waals surface area contributed by atoms with Crippen molar-refractivity contribution in [3.63, 3.8) is 0 Å². The van der Waals surface area contributed by atoms with Crippen LogP contribution in [-0.2, 0) is 0 Å². The van der Waals surface area contributed by atoms with E-state index >= 15 is 0 Å². The van der Waals surface area contributed by atoms with Crippen LogP contribution >= 0.6 is 15.9 Å². The fourth-order valence-corrected chi connectivity index (χ4v) is 2.72. The third-order valence-electron chi connectivity index (χ3n) is 3.05. The van der Waals surface area contributed by atoms with Crippen LogP contribution in [0.3, 0.4) is 0 Å². The summed E-state index contributed by atoms with van der Waals surface area (Å²) in [6.07, 6.45) is 2.25. The Morgan fingerprint density at radius 2 is 2.06 bits per heavy atom. The number of allylic oxidation sites excluding steroid dienone is 1. The summed E-state index contributed by atoms with van der Waals surface area (Å²) < 4.78 is 5.76. The van der Waals surface area contributed by atoms with Gasteiger partial charge in [-0.2, -0.15) is 0 Å². The van der Waals surface area contributed by atoms with E-state index in [0.29, 0.717) is 5.92 Å². The number of aryl methyl sites for hydroxylation is 1. The van der Waals surface area contributed by atoms with E-state index in [1.54, 1.807) is 0 Å². The highest BCUT2D eigenvalue weighted by atomic mass is 79.9. The molecule has 90 valence electrons. The second kappa shape index (κ2) is 5.09. The number of furan rings is 1. The molecule has 0 saturated heterocycles. The van der Waals surface area contributed by atoms with Gasteiger partial charge >= 0.3 is 0 Å². The van der Waals surface area contributed by atoms with E-state index in [1.165, 1.54) is 16.5 Å². The minimum absolute atomic E-state index is 0.544. The van der Waals surface area contributed by atoms with E-state index in [4.69, 9.17) is 4.42 Å². The summed E-state index contributed by atoms with van der Waals surface area (Å²) in [7, 11) is 0. The Morgan fingerprint density at radius 3 is 2.71 bits per heavy atom. The van der Waals surface area contributed by atoms with E-state index in [2.05, 4.69) is 48.0 Å². The van der Waals surface area contributed by atoms with E-state index in [-0.39, 0.29) is 0 Å².